The van der Waals surface area contributed by atoms with Crippen molar-refractivity contribution in [3.63, 3.8) is 0 Å². The van der Waals surface area contributed by atoms with Gasteiger partial charge in [-0.15, -0.1) is 0 Å². The van der Waals surface area contributed by atoms with Crippen molar-refractivity contribution < 1.29 is 23.5 Å². The van der Waals surface area contributed by atoms with E-state index in [1.807, 2.05) is 0 Å². The van der Waals surface area contributed by atoms with Crippen molar-refractivity contribution in [2.24, 2.45) is 0 Å². The molecule has 2 rings (SSSR count). The molecule has 2 aromatic rings. The van der Waals surface area contributed by atoms with Crippen LogP contribution in [0.5, 0.6) is 0 Å². The summed E-state index contributed by atoms with van der Waals surface area (Å²) in [6.07, 6.45) is 2.12. The highest BCUT2D eigenvalue weighted by Crippen LogP contribution is 2.16. The number of anilines is 1. The smallest absolute Gasteiger partial charge is 0.338 e. The molecule has 0 bridgehead atoms. The van der Waals surface area contributed by atoms with E-state index in [0.29, 0.717) is 0 Å². The number of pyridine rings is 1. The van der Waals surface area contributed by atoms with E-state index in [4.69, 9.17) is 5.11 Å². The zero-order valence-corrected chi connectivity index (χ0v) is 9.93. The van der Waals surface area contributed by atoms with Gasteiger partial charge in [-0.05, 0) is 24.3 Å². The Morgan fingerprint density at radius 1 is 1.10 bits per heavy atom. The minimum atomic E-state index is -1.46. The maximum atomic E-state index is 13.3. The lowest BCUT2D eigenvalue weighted by atomic mass is 10.1. The first-order chi connectivity index (χ1) is 9.49. The Morgan fingerprint density at radius 3 is 2.50 bits per heavy atom. The Kier molecular flexibility index (Phi) is 3.69. The number of nitrogens with one attached hydrogen (secondary N) is 1. The number of aromatic carboxylic acids is 1. The molecule has 0 saturated carbocycles. The molecule has 5 nitrogen and oxygen atoms in total. The number of carboxylic acid groups (broad SMARTS) is 1. The SMILES string of the molecule is O=C(O)c1cc(NC(=O)c2ccncc2F)ccc1F. The van der Waals surface area contributed by atoms with Crippen molar-refractivity contribution >= 4 is 17.6 Å². The first-order valence-corrected chi connectivity index (χ1v) is 5.42. The number of halogens is 2. The third-order valence-electron chi connectivity index (χ3n) is 2.47. The molecule has 0 unspecified atom stereocenters. The highest BCUT2D eigenvalue weighted by Gasteiger charge is 2.14. The summed E-state index contributed by atoms with van der Waals surface area (Å²) in [5.74, 6) is -3.99. The number of benzene rings is 1. The molecule has 1 aromatic carbocycles. The summed E-state index contributed by atoms with van der Waals surface area (Å²) >= 11 is 0. The second-order valence-corrected chi connectivity index (χ2v) is 3.81. The molecule has 0 aliphatic heterocycles. The number of carbonyl (C=O) groups is 2. The molecule has 2 N–H and O–H groups in total. The summed E-state index contributed by atoms with van der Waals surface area (Å²) < 4.78 is 26.5. The van der Waals surface area contributed by atoms with Crippen LogP contribution in [0.4, 0.5) is 14.5 Å². The quantitative estimate of drug-likeness (QED) is 0.903. The minimum Gasteiger partial charge on any atom is -0.478 e. The Hall–Kier alpha value is -2.83. The van der Waals surface area contributed by atoms with Gasteiger partial charge in [-0.1, -0.05) is 0 Å². The molecule has 0 saturated heterocycles. The van der Waals surface area contributed by atoms with Crippen LogP contribution in [0.25, 0.3) is 0 Å². The predicted octanol–water partition coefficient (Wildman–Crippen LogP) is 2.31. The number of aromatic nitrogens is 1. The van der Waals surface area contributed by atoms with E-state index in [2.05, 4.69) is 10.3 Å². The number of amides is 1. The average molecular weight is 278 g/mol. The summed E-state index contributed by atoms with van der Waals surface area (Å²) in [4.78, 5) is 26.0. The van der Waals surface area contributed by atoms with Gasteiger partial charge in [-0.2, -0.15) is 0 Å². The van der Waals surface area contributed by atoms with Gasteiger partial charge in [0.25, 0.3) is 5.91 Å². The third kappa shape index (κ3) is 2.77. The van der Waals surface area contributed by atoms with Gasteiger partial charge < -0.3 is 10.4 Å². The second kappa shape index (κ2) is 5.43. The van der Waals surface area contributed by atoms with E-state index < -0.39 is 29.1 Å². The molecule has 1 heterocycles. The molecule has 1 amide bonds. The Morgan fingerprint density at radius 2 is 1.85 bits per heavy atom. The summed E-state index contributed by atoms with van der Waals surface area (Å²) in [7, 11) is 0. The fourth-order valence-corrected chi connectivity index (χ4v) is 1.52. The van der Waals surface area contributed by atoms with Crippen molar-refractivity contribution in [1.82, 2.24) is 4.98 Å². The lowest BCUT2D eigenvalue weighted by molar-refractivity contribution is 0.0691. The lowest BCUT2D eigenvalue weighted by Crippen LogP contribution is -2.14. The van der Waals surface area contributed by atoms with Crippen LogP contribution in [-0.4, -0.2) is 22.0 Å². The van der Waals surface area contributed by atoms with Gasteiger partial charge in [-0.25, -0.2) is 13.6 Å². The topological polar surface area (TPSA) is 79.3 Å². The van der Waals surface area contributed by atoms with Gasteiger partial charge in [0.1, 0.15) is 5.82 Å². The molecule has 0 aliphatic rings. The highest BCUT2D eigenvalue weighted by atomic mass is 19.1. The Labute approximate surface area is 111 Å². The molecule has 0 radical (unpaired) electrons. The van der Waals surface area contributed by atoms with Gasteiger partial charge in [-0.3, -0.25) is 9.78 Å². The van der Waals surface area contributed by atoms with Crippen molar-refractivity contribution in [3.8, 4) is 0 Å². The number of rotatable bonds is 3. The van der Waals surface area contributed by atoms with Crippen LogP contribution >= 0.6 is 0 Å². The van der Waals surface area contributed by atoms with Crippen LogP contribution in [0.15, 0.2) is 36.7 Å². The van der Waals surface area contributed by atoms with Gasteiger partial charge in [0, 0.05) is 11.9 Å². The van der Waals surface area contributed by atoms with Crippen LogP contribution in [0.2, 0.25) is 0 Å². The van der Waals surface area contributed by atoms with Crippen molar-refractivity contribution in [1.29, 1.82) is 0 Å². The summed E-state index contributed by atoms with van der Waals surface area (Å²) in [6.45, 7) is 0. The fraction of sp³-hybridized carbons (Fsp3) is 0. The number of hydrogen-bond donors (Lipinski definition) is 2. The van der Waals surface area contributed by atoms with Gasteiger partial charge >= 0.3 is 5.97 Å². The van der Waals surface area contributed by atoms with Gasteiger partial charge in [0.05, 0.1) is 17.3 Å². The number of carbonyl (C=O) groups excluding carboxylic acids is 1. The zero-order chi connectivity index (χ0) is 14.7. The maximum Gasteiger partial charge on any atom is 0.338 e. The molecule has 0 fully saturated rings. The van der Waals surface area contributed by atoms with E-state index >= 15 is 0 Å². The zero-order valence-electron chi connectivity index (χ0n) is 9.93. The first-order valence-electron chi connectivity index (χ1n) is 5.42. The molecule has 0 aliphatic carbocycles. The molecular weight excluding hydrogens is 270 g/mol. The number of hydrogen-bond acceptors (Lipinski definition) is 3. The normalized spacial score (nSPS) is 10.1. The average Bonchev–Trinajstić information content (AvgIpc) is 2.41. The molecule has 102 valence electrons. The summed E-state index contributed by atoms with van der Waals surface area (Å²) in [5, 5.41) is 11.0. The molecule has 0 spiro atoms. The van der Waals surface area contributed by atoms with Crippen molar-refractivity contribution in [2.75, 3.05) is 5.32 Å². The predicted molar refractivity (Wildman–Crippen MR) is 65.5 cm³/mol. The molecule has 0 atom stereocenters. The monoisotopic (exact) mass is 278 g/mol. The second-order valence-electron chi connectivity index (χ2n) is 3.81. The molecule has 1 aromatic heterocycles. The molecular formula is C13H8F2N2O3. The largest absolute Gasteiger partial charge is 0.478 e. The van der Waals surface area contributed by atoms with Gasteiger partial charge in [0.2, 0.25) is 0 Å². The minimum absolute atomic E-state index is 0.0463. The van der Waals surface area contributed by atoms with Crippen molar-refractivity contribution in [3.05, 3.63) is 59.4 Å². The molecule has 20 heavy (non-hydrogen) atoms. The van der Waals surface area contributed by atoms with E-state index in [0.717, 1.165) is 18.3 Å². The van der Waals surface area contributed by atoms with Gasteiger partial charge in [0.15, 0.2) is 5.82 Å². The Balaban J connectivity index is 2.27. The third-order valence-corrected chi connectivity index (χ3v) is 2.47. The van der Waals surface area contributed by atoms with E-state index in [1.165, 1.54) is 18.3 Å². The van der Waals surface area contributed by atoms with Crippen molar-refractivity contribution in [2.45, 2.75) is 0 Å². The summed E-state index contributed by atoms with van der Waals surface area (Å²) in [6, 6.07) is 4.21. The van der Waals surface area contributed by atoms with E-state index in [-0.39, 0.29) is 11.3 Å². The van der Waals surface area contributed by atoms with E-state index in [9.17, 15) is 18.4 Å². The lowest BCUT2D eigenvalue weighted by Gasteiger charge is -2.07. The highest BCUT2D eigenvalue weighted by molar-refractivity contribution is 6.04. The first kappa shape index (κ1) is 13.6. The van der Waals surface area contributed by atoms with Crippen LogP contribution in [0.3, 0.4) is 0 Å². The Bertz CT molecular complexity index is 689. The molecule has 7 heteroatoms. The standard InChI is InChI=1S/C13H8F2N2O3/c14-10-2-1-7(5-9(10)13(19)20)17-12(18)8-3-4-16-6-11(8)15/h1-6H,(H,17,18)(H,19,20). The van der Waals surface area contributed by atoms with E-state index in [1.54, 1.807) is 0 Å². The van der Waals surface area contributed by atoms with Crippen LogP contribution in [0, 0.1) is 11.6 Å². The number of carboxylic acids is 1. The van der Waals surface area contributed by atoms with Crippen LogP contribution in [0.1, 0.15) is 20.7 Å². The summed E-state index contributed by atoms with van der Waals surface area (Å²) in [5.41, 5.74) is -0.788. The van der Waals surface area contributed by atoms with Crippen LogP contribution in [-0.2, 0) is 0 Å². The number of nitrogens with zero attached hydrogens (tertiary/aromatic N) is 1. The fourth-order valence-electron chi connectivity index (χ4n) is 1.52. The van der Waals surface area contributed by atoms with Crippen LogP contribution < -0.4 is 5.32 Å². The maximum absolute atomic E-state index is 13.3.